The molecule has 0 unspecified atom stereocenters. The Morgan fingerprint density at radius 1 is 1.50 bits per heavy atom. The van der Waals surface area contributed by atoms with Crippen molar-refractivity contribution in [3.05, 3.63) is 17.0 Å². The number of hydrogen-bond acceptors (Lipinski definition) is 4. The SMILES string of the molecule is Cc1ccc(S(=O)(=O)N2CCC[C@H](O)C2)s1. The maximum atomic E-state index is 12.2. The minimum atomic E-state index is -3.38. The summed E-state index contributed by atoms with van der Waals surface area (Å²) >= 11 is 1.28. The van der Waals surface area contributed by atoms with E-state index >= 15 is 0 Å². The first kappa shape index (κ1) is 12.0. The van der Waals surface area contributed by atoms with Crippen LogP contribution in [0.25, 0.3) is 0 Å². The molecule has 1 atom stereocenters. The normalized spacial score (nSPS) is 23.5. The predicted octanol–water partition coefficient (Wildman–Crippen LogP) is 1.20. The van der Waals surface area contributed by atoms with E-state index in [4.69, 9.17) is 0 Å². The number of aliphatic hydroxyl groups is 1. The van der Waals surface area contributed by atoms with Gasteiger partial charge in [0.05, 0.1) is 6.10 Å². The molecule has 16 heavy (non-hydrogen) atoms. The Morgan fingerprint density at radius 3 is 2.81 bits per heavy atom. The molecule has 0 spiro atoms. The molecule has 1 saturated heterocycles. The van der Waals surface area contributed by atoms with Crippen molar-refractivity contribution in [3.63, 3.8) is 0 Å². The van der Waals surface area contributed by atoms with E-state index in [1.165, 1.54) is 15.6 Å². The van der Waals surface area contributed by atoms with Gasteiger partial charge in [-0.3, -0.25) is 0 Å². The van der Waals surface area contributed by atoms with Crippen LogP contribution >= 0.6 is 11.3 Å². The quantitative estimate of drug-likeness (QED) is 0.870. The minimum absolute atomic E-state index is 0.222. The summed E-state index contributed by atoms with van der Waals surface area (Å²) in [7, 11) is -3.38. The fourth-order valence-electron chi connectivity index (χ4n) is 1.82. The molecule has 0 bridgehead atoms. The van der Waals surface area contributed by atoms with Crippen molar-refractivity contribution in [1.29, 1.82) is 0 Å². The second-order valence-electron chi connectivity index (χ2n) is 4.02. The van der Waals surface area contributed by atoms with Crippen molar-refractivity contribution in [1.82, 2.24) is 4.31 Å². The molecule has 0 aromatic carbocycles. The summed E-state index contributed by atoms with van der Waals surface area (Å²) in [6, 6.07) is 3.44. The molecule has 1 aromatic rings. The zero-order chi connectivity index (χ0) is 11.8. The molecule has 2 rings (SSSR count). The van der Waals surface area contributed by atoms with Crippen LogP contribution in [0.5, 0.6) is 0 Å². The van der Waals surface area contributed by atoms with Crippen LogP contribution in [0, 0.1) is 6.92 Å². The topological polar surface area (TPSA) is 57.6 Å². The maximum absolute atomic E-state index is 12.2. The van der Waals surface area contributed by atoms with Crippen LogP contribution in [0.3, 0.4) is 0 Å². The Labute approximate surface area is 99.6 Å². The van der Waals surface area contributed by atoms with Crippen LogP contribution in [0.15, 0.2) is 16.3 Å². The number of β-amino-alcohol motifs (C(OH)–C–C–N with tert-alkyl or cyclic N) is 1. The number of thiophene rings is 1. The van der Waals surface area contributed by atoms with E-state index in [-0.39, 0.29) is 6.54 Å². The van der Waals surface area contributed by atoms with Crippen LogP contribution in [-0.4, -0.2) is 37.0 Å². The van der Waals surface area contributed by atoms with Crippen molar-refractivity contribution < 1.29 is 13.5 Å². The molecule has 0 aliphatic carbocycles. The molecule has 0 radical (unpaired) electrons. The predicted molar refractivity (Wildman–Crippen MR) is 63.1 cm³/mol. The van der Waals surface area contributed by atoms with Crippen molar-refractivity contribution in [3.8, 4) is 0 Å². The fourth-order valence-corrected chi connectivity index (χ4v) is 4.77. The van der Waals surface area contributed by atoms with E-state index in [1.54, 1.807) is 12.1 Å². The van der Waals surface area contributed by atoms with E-state index in [2.05, 4.69) is 0 Å². The number of aryl methyl sites for hydroxylation is 1. The van der Waals surface area contributed by atoms with Crippen molar-refractivity contribution in [2.75, 3.05) is 13.1 Å². The number of aliphatic hydroxyl groups excluding tert-OH is 1. The van der Waals surface area contributed by atoms with Gasteiger partial charge in [-0.05, 0) is 31.9 Å². The first-order valence-electron chi connectivity index (χ1n) is 5.25. The largest absolute Gasteiger partial charge is 0.392 e. The highest BCUT2D eigenvalue weighted by Crippen LogP contribution is 2.26. The highest BCUT2D eigenvalue weighted by atomic mass is 32.2. The van der Waals surface area contributed by atoms with Crippen LogP contribution in [0.1, 0.15) is 17.7 Å². The zero-order valence-electron chi connectivity index (χ0n) is 9.09. The summed E-state index contributed by atoms with van der Waals surface area (Å²) in [5.41, 5.74) is 0. The zero-order valence-corrected chi connectivity index (χ0v) is 10.7. The van der Waals surface area contributed by atoms with Crippen molar-refractivity contribution >= 4 is 21.4 Å². The third kappa shape index (κ3) is 2.29. The van der Waals surface area contributed by atoms with Gasteiger partial charge in [0.25, 0.3) is 10.0 Å². The molecule has 2 heterocycles. The van der Waals surface area contributed by atoms with Gasteiger partial charge in [0, 0.05) is 18.0 Å². The first-order chi connectivity index (χ1) is 7.50. The lowest BCUT2D eigenvalue weighted by molar-refractivity contribution is 0.108. The van der Waals surface area contributed by atoms with E-state index < -0.39 is 16.1 Å². The molecule has 6 heteroatoms. The Kier molecular flexibility index (Phi) is 3.34. The van der Waals surface area contributed by atoms with Gasteiger partial charge in [0.15, 0.2) is 0 Å². The van der Waals surface area contributed by atoms with Crippen LogP contribution in [0.2, 0.25) is 0 Å². The number of hydrogen-bond donors (Lipinski definition) is 1. The number of nitrogens with zero attached hydrogens (tertiary/aromatic N) is 1. The summed E-state index contributed by atoms with van der Waals surface area (Å²) in [5, 5.41) is 9.49. The van der Waals surface area contributed by atoms with Crippen LogP contribution in [-0.2, 0) is 10.0 Å². The lowest BCUT2D eigenvalue weighted by atomic mass is 10.1. The lowest BCUT2D eigenvalue weighted by Gasteiger charge is -2.28. The molecule has 1 N–H and O–H groups in total. The van der Waals surface area contributed by atoms with Crippen molar-refractivity contribution in [2.24, 2.45) is 0 Å². The lowest BCUT2D eigenvalue weighted by Crippen LogP contribution is -2.41. The van der Waals surface area contributed by atoms with Gasteiger partial charge < -0.3 is 5.11 Å². The maximum Gasteiger partial charge on any atom is 0.252 e. The minimum Gasteiger partial charge on any atom is -0.392 e. The summed E-state index contributed by atoms with van der Waals surface area (Å²) < 4.78 is 26.1. The molecule has 1 aliphatic heterocycles. The van der Waals surface area contributed by atoms with Gasteiger partial charge in [-0.15, -0.1) is 11.3 Å². The smallest absolute Gasteiger partial charge is 0.252 e. The summed E-state index contributed by atoms with van der Waals surface area (Å²) in [6.07, 6.45) is 0.893. The number of rotatable bonds is 2. The molecule has 1 aromatic heterocycles. The molecule has 1 aliphatic rings. The molecule has 0 amide bonds. The Bertz CT molecular complexity index is 466. The van der Waals surface area contributed by atoms with Gasteiger partial charge in [-0.1, -0.05) is 0 Å². The second kappa shape index (κ2) is 4.44. The monoisotopic (exact) mass is 261 g/mol. The second-order valence-corrected chi connectivity index (χ2v) is 7.48. The standard InChI is InChI=1S/C10H15NO3S2/c1-8-4-5-10(15-8)16(13,14)11-6-2-3-9(12)7-11/h4-5,9,12H,2-3,6-7H2,1H3/t9-/m0/s1. The molecule has 90 valence electrons. The highest BCUT2D eigenvalue weighted by molar-refractivity contribution is 7.91. The van der Waals surface area contributed by atoms with Gasteiger partial charge in [-0.25, -0.2) is 8.42 Å². The van der Waals surface area contributed by atoms with E-state index in [0.717, 1.165) is 11.3 Å². The van der Waals surface area contributed by atoms with E-state index in [1.807, 2.05) is 6.92 Å². The van der Waals surface area contributed by atoms with Gasteiger partial charge in [0.1, 0.15) is 4.21 Å². The van der Waals surface area contributed by atoms with Crippen LogP contribution < -0.4 is 0 Å². The highest BCUT2D eigenvalue weighted by Gasteiger charge is 2.30. The number of sulfonamides is 1. The fraction of sp³-hybridized carbons (Fsp3) is 0.600. The third-order valence-electron chi connectivity index (χ3n) is 2.67. The molecule has 4 nitrogen and oxygen atoms in total. The Hall–Kier alpha value is -0.430. The van der Waals surface area contributed by atoms with Crippen molar-refractivity contribution in [2.45, 2.75) is 30.1 Å². The molecule has 1 fully saturated rings. The molecular weight excluding hydrogens is 246 g/mol. The average Bonchev–Trinajstić information content (AvgIpc) is 2.65. The summed E-state index contributed by atoms with van der Waals surface area (Å²) in [6.45, 7) is 2.62. The molecular formula is C10H15NO3S2. The van der Waals surface area contributed by atoms with Gasteiger partial charge in [-0.2, -0.15) is 4.31 Å². The summed E-state index contributed by atoms with van der Waals surface area (Å²) in [5.74, 6) is 0. The number of piperidine rings is 1. The van der Waals surface area contributed by atoms with Crippen LogP contribution in [0.4, 0.5) is 0 Å². The Morgan fingerprint density at radius 2 is 2.25 bits per heavy atom. The summed E-state index contributed by atoms with van der Waals surface area (Å²) in [4.78, 5) is 0.983. The first-order valence-corrected chi connectivity index (χ1v) is 7.50. The average molecular weight is 261 g/mol. The Balaban J connectivity index is 2.25. The van der Waals surface area contributed by atoms with E-state index in [0.29, 0.717) is 17.2 Å². The third-order valence-corrected chi connectivity index (χ3v) is 6.00. The van der Waals surface area contributed by atoms with E-state index in [9.17, 15) is 13.5 Å². The van der Waals surface area contributed by atoms with Gasteiger partial charge >= 0.3 is 0 Å². The van der Waals surface area contributed by atoms with Gasteiger partial charge in [0.2, 0.25) is 0 Å². The molecule has 0 saturated carbocycles.